The van der Waals surface area contributed by atoms with Gasteiger partial charge in [-0.25, -0.2) is 9.59 Å². The molecule has 110 valence electrons. The van der Waals surface area contributed by atoms with Crippen LogP contribution in [-0.2, 0) is 16.1 Å². The van der Waals surface area contributed by atoms with Gasteiger partial charge in [0.05, 0.1) is 12.8 Å². The molecular formula is C15H15NO5. The highest BCUT2D eigenvalue weighted by atomic mass is 16.5. The summed E-state index contributed by atoms with van der Waals surface area (Å²) >= 11 is 0. The number of benzene rings is 1. The second-order valence-electron chi connectivity index (χ2n) is 4.38. The molecule has 0 saturated carbocycles. The van der Waals surface area contributed by atoms with Crippen molar-refractivity contribution in [1.82, 2.24) is 4.57 Å². The number of aromatic hydroxyl groups is 1. The molecule has 1 heterocycles. The molecule has 0 aliphatic carbocycles. The zero-order valence-electron chi connectivity index (χ0n) is 11.7. The number of ether oxygens (including phenoxy) is 2. The Morgan fingerprint density at radius 3 is 2.52 bits per heavy atom. The maximum atomic E-state index is 12.0. The number of hydrogen-bond acceptors (Lipinski definition) is 5. The molecule has 0 aliphatic rings. The van der Waals surface area contributed by atoms with Crippen LogP contribution in [0.25, 0.3) is 0 Å². The van der Waals surface area contributed by atoms with E-state index in [1.807, 2.05) is 30.3 Å². The van der Waals surface area contributed by atoms with Crippen molar-refractivity contribution >= 4 is 12.1 Å². The van der Waals surface area contributed by atoms with Crippen LogP contribution in [0, 0.1) is 6.92 Å². The third-order valence-electron chi connectivity index (χ3n) is 3.02. The third kappa shape index (κ3) is 3.05. The first-order valence-corrected chi connectivity index (χ1v) is 6.25. The molecule has 0 radical (unpaired) electrons. The summed E-state index contributed by atoms with van der Waals surface area (Å²) in [5.41, 5.74) is 0.980. The quantitative estimate of drug-likeness (QED) is 0.878. The van der Waals surface area contributed by atoms with E-state index in [1.54, 1.807) is 0 Å². The molecule has 1 aromatic heterocycles. The van der Waals surface area contributed by atoms with E-state index in [-0.39, 0.29) is 23.6 Å². The summed E-state index contributed by atoms with van der Waals surface area (Å²) in [4.78, 5) is 23.4. The van der Waals surface area contributed by atoms with Gasteiger partial charge in [0.25, 0.3) is 0 Å². The van der Waals surface area contributed by atoms with Crippen molar-refractivity contribution in [2.45, 2.75) is 13.5 Å². The lowest BCUT2D eigenvalue weighted by Gasteiger charge is -2.06. The van der Waals surface area contributed by atoms with Gasteiger partial charge in [-0.2, -0.15) is 0 Å². The van der Waals surface area contributed by atoms with E-state index in [0.717, 1.165) is 10.1 Å². The normalized spacial score (nSPS) is 10.2. The molecule has 2 aromatic rings. The van der Waals surface area contributed by atoms with Gasteiger partial charge in [-0.15, -0.1) is 0 Å². The van der Waals surface area contributed by atoms with Gasteiger partial charge >= 0.3 is 12.1 Å². The molecule has 0 atom stereocenters. The summed E-state index contributed by atoms with van der Waals surface area (Å²) in [5, 5.41) is 9.82. The minimum atomic E-state index is -0.717. The average molecular weight is 289 g/mol. The van der Waals surface area contributed by atoms with Crippen LogP contribution in [0.15, 0.2) is 36.5 Å². The molecular weight excluding hydrogens is 274 g/mol. The molecule has 0 amide bonds. The van der Waals surface area contributed by atoms with Crippen LogP contribution < -0.4 is 0 Å². The molecule has 1 aromatic carbocycles. The summed E-state index contributed by atoms with van der Waals surface area (Å²) in [7, 11) is 1.20. The number of esters is 1. The SMILES string of the molecule is COC(=O)c1cn(C(=O)OCc2ccccc2)c(C)c1O. The summed E-state index contributed by atoms with van der Waals surface area (Å²) < 4.78 is 10.7. The lowest BCUT2D eigenvalue weighted by atomic mass is 10.2. The van der Waals surface area contributed by atoms with Gasteiger partial charge in [-0.3, -0.25) is 4.57 Å². The van der Waals surface area contributed by atoms with E-state index in [2.05, 4.69) is 4.74 Å². The van der Waals surface area contributed by atoms with Crippen LogP contribution in [0.2, 0.25) is 0 Å². The first kappa shape index (κ1) is 14.6. The minimum absolute atomic E-state index is 0.0772. The van der Waals surface area contributed by atoms with Crippen molar-refractivity contribution in [3.05, 3.63) is 53.3 Å². The van der Waals surface area contributed by atoms with Gasteiger partial charge in [0, 0.05) is 6.20 Å². The average Bonchev–Trinajstić information content (AvgIpc) is 2.81. The number of hydrogen-bond donors (Lipinski definition) is 1. The topological polar surface area (TPSA) is 77.8 Å². The smallest absolute Gasteiger partial charge is 0.418 e. The van der Waals surface area contributed by atoms with E-state index >= 15 is 0 Å². The zero-order valence-corrected chi connectivity index (χ0v) is 11.7. The van der Waals surface area contributed by atoms with Crippen LogP contribution in [-0.4, -0.2) is 28.8 Å². The fourth-order valence-corrected chi connectivity index (χ4v) is 1.83. The molecule has 1 N–H and O–H groups in total. The Hall–Kier alpha value is -2.76. The molecule has 6 heteroatoms. The van der Waals surface area contributed by atoms with Gasteiger partial charge in [-0.1, -0.05) is 30.3 Å². The van der Waals surface area contributed by atoms with E-state index in [1.165, 1.54) is 20.2 Å². The monoisotopic (exact) mass is 289 g/mol. The Bertz CT molecular complexity index is 660. The molecule has 0 unspecified atom stereocenters. The van der Waals surface area contributed by atoms with Crippen molar-refractivity contribution in [3.8, 4) is 5.75 Å². The van der Waals surface area contributed by atoms with Crippen molar-refractivity contribution < 1.29 is 24.2 Å². The third-order valence-corrected chi connectivity index (χ3v) is 3.02. The predicted octanol–water partition coefficient (Wildman–Crippen LogP) is 2.47. The van der Waals surface area contributed by atoms with E-state index in [0.29, 0.717) is 0 Å². The molecule has 2 rings (SSSR count). The lowest BCUT2D eigenvalue weighted by molar-refractivity contribution is 0.0597. The van der Waals surface area contributed by atoms with E-state index in [9.17, 15) is 14.7 Å². The predicted molar refractivity (Wildman–Crippen MR) is 74.2 cm³/mol. The minimum Gasteiger partial charge on any atom is -0.505 e. The Kier molecular flexibility index (Phi) is 4.27. The standard InChI is InChI=1S/C15H15NO5/c1-10-13(17)12(14(18)20-2)8-16(10)15(19)21-9-11-6-4-3-5-7-11/h3-8,17H,9H2,1-2H3. The molecule has 0 spiro atoms. The molecule has 21 heavy (non-hydrogen) atoms. The Morgan fingerprint density at radius 1 is 1.24 bits per heavy atom. The maximum Gasteiger partial charge on any atom is 0.418 e. The van der Waals surface area contributed by atoms with Crippen LogP contribution in [0.3, 0.4) is 0 Å². The van der Waals surface area contributed by atoms with Crippen LogP contribution >= 0.6 is 0 Å². The van der Waals surface area contributed by atoms with Crippen molar-refractivity contribution in [3.63, 3.8) is 0 Å². The lowest BCUT2D eigenvalue weighted by Crippen LogP contribution is -2.14. The largest absolute Gasteiger partial charge is 0.505 e. The molecule has 0 aliphatic heterocycles. The number of carbonyl (C=O) groups excluding carboxylic acids is 2. The van der Waals surface area contributed by atoms with Gasteiger partial charge in [0.2, 0.25) is 0 Å². The van der Waals surface area contributed by atoms with E-state index < -0.39 is 12.1 Å². The zero-order chi connectivity index (χ0) is 15.4. The second kappa shape index (κ2) is 6.13. The van der Waals surface area contributed by atoms with Gasteiger partial charge < -0.3 is 14.6 Å². The number of nitrogens with zero attached hydrogens (tertiary/aromatic N) is 1. The summed E-state index contributed by atoms with van der Waals surface area (Å²) in [6.45, 7) is 1.61. The fraction of sp³-hybridized carbons (Fsp3) is 0.200. The van der Waals surface area contributed by atoms with Crippen LogP contribution in [0.5, 0.6) is 5.75 Å². The summed E-state index contributed by atoms with van der Waals surface area (Å²) in [6, 6.07) is 9.19. The van der Waals surface area contributed by atoms with Crippen molar-refractivity contribution in [1.29, 1.82) is 0 Å². The molecule has 0 fully saturated rings. The fourth-order valence-electron chi connectivity index (χ4n) is 1.83. The number of aromatic nitrogens is 1. The maximum absolute atomic E-state index is 12.0. The second-order valence-corrected chi connectivity index (χ2v) is 4.38. The van der Waals surface area contributed by atoms with Gasteiger partial charge in [-0.05, 0) is 12.5 Å². The Balaban J connectivity index is 2.14. The van der Waals surface area contributed by atoms with Crippen molar-refractivity contribution in [2.24, 2.45) is 0 Å². The Morgan fingerprint density at radius 2 is 1.90 bits per heavy atom. The highest BCUT2D eigenvalue weighted by Crippen LogP contribution is 2.25. The summed E-state index contributed by atoms with van der Waals surface area (Å²) in [5.74, 6) is -1.01. The molecule has 6 nitrogen and oxygen atoms in total. The van der Waals surface area contributed by atoms with Gasteiger partial charge in [0.1, 0.15) is 12.2 Å². The van der Waals surface area contributed by atoms with Crippen molar-refractivity contribution in [2.75, 3.05) is 7.11 Å². The summed E-state index contributed by atoms with van der Waals surface area (Å²) in [6.07, 6.45) is 0.519. The molecule has 0 saturated heterocycles. The highest BCUT2D eigenvalue weighted by Gasteiger charge is 2.22. The van der Waals surface area contributed by atoms with E-state index in [4.69, 9.17) is 4.74 Å². The first-order valence-electron chi connectivity index (χ1n) is 6.25. The number of methoxy groups -OCH3 is 1. The number of rotatable bonds is 3. The highest BCUT2D eigenvalue weighted by molar-refractivity contribution is 5.94. The first-order chi connectivity index (χ1) is 10.0. The van der Waals surface area contributed by atoms with Gasteiger partial charge in [0.15, 0.2) is 5.75 Å². The Labute approximate surface area is 121 Å². The van der Waals surface area contributed by atoms with Crippen LogP contribution in [0.1, 0.15) is 21.6 Å². The van der Waals surface area contributed by atoms with Crippen LogP contribution in [0.4, 0.5) is 4.79 Å². The molecule has 0 bridgehead atoms. The number of carbonyl (C=O) groups is 2.